The molecule has 0 aliphatic carbocycles. The number of nitrogens with zero attached hydrogens (tertiary/aromatic N) is 2. The van der Waals surface area contributed by atoms with E-state index in [2.05, 4.69) is 15.3 Å². The van der Waals surface area contributed by atoms with Gasteiger partial charge < -0.3 is 10.4 Å². The largest absolute Gasteiger partial charge is 0.476 e. The van der Waals surface area contributed by atoms with Crippen LogP contribution in [-0.4, -0.2) is 33.5 Å². The minimum Gasteiger partial charge on any atom is -0.476 e. The van der Waals surface area contributed by atoms with Crippen molar-refractivity contribution in [2.24, 2.45) is 0 Å². The Kier molecular flexibility index (Phi) is 4.92. The average molecular weight is 339 g/mol. The zero-order valence-corrected chi connectivity index (χ0v) is 14.2. The van der Waals surface area contributed by atoms with Crippen LogP contribution in [0.25, 0.3) is 0 Å². The summed E-state index contributed by atoms with van der Waals surface area (Å²) in [4.78, 5) is 31.9. The monoisotopic (exact) mass is 339 g/mol. The van der Waals surface area contributed by atoms with Crippen LogP contribution in [0, 0.1) is 0 Å². The van der Waals surface area contributed by atoms with E-state index in [0.717, 1.165) is 5.69 Å². The first-order valence-corrected chi connectivity index (χ1v) is 8.45. The van der Waals surface area contributed by atoms with Gasteiger partial charge in [0.1, 0.15) is 4.88 Å². The zero-order valence-electron chi connectivity index (χ0n) is 12.5. The maximum Gasteiger partial charge on any atom is 0.355 e. The molecule has 2 aromatic heterocycles. The van der Waals surface area contributed by atoms with E-state index in [0.29, 0.717) is 22.9 Å². The number of carbonyl (C=O) groups is 2. The van der Waals surface area contributed by atoms with E-state index < -0.39 is 5.97 Å². The third kappa shape index (κ3) is 3.89. The molecule has 2 aromatic rings. The molecule has 6 nitrogen and oxygen atoms in total. The normalized spacial score (nSPS) is 11.4. The lowest BCUT2D eigenvalue weighted by molar-refractivity contribution is 0.0690. The summed E-state index contributed by atoms with van der Waals surface area (Å²) < 4.78 is 0. The second kappa shape index (κ2) is 6.53. The molecule has 0 saturated heterocycles. The molecule has 118 valence electrons. The summed E-state index contributed by atoms with van der Waals surface area (Å²) in [7, 11) is 0. The van der Waals surface area contributed by atoms with Gasteiger partial charge in [0.2, 0.25) is 0 Å². The van der Waals surface area contributed by atoms with Crippen molar-refractivity contribution in [2.75, 3.05) is 6.54 Å². The molecule has 0 bridgehead atoms. The Bertz CT molecular complexity index is 686. The fourth-order valence-corrected chi connectivity index (χ4v) is 3.51. The summed E-state index contributed by atoms with van der Waals surface area (Å²) in [6, 6.07) is 0. The van der Waals surface area contributed by atoms with Crippen molar-refractivity contribution in [3.05, 3.63) is 32.2 Å². The van der Waals surface area contributed by atoms with Crippen molar-refractivity contribution >= 4 is 34.6 Å². The molecule has 0 radical (unpaired) electrons. The third-order valence-corrected chi connectivity index (χ3v) is 4.61. The van der Waals surface area contributed by atoms with Crippen molar-refractivity contribution in [2.45, 2.75) is 32.6 Å². The van der Waals surface area contributed by atoms with E-state index in [1.165, 1.54) is 28.1 Å². The first kappa shape index (κ1) is 16.6. The lowest BCUT2D eigenvalue weighted by Gasteiger charge is -2.17. The van der Waals surface area contributed by atoms with Gasteiger partial charge in [-0.1, -0.05) is 20.8 Å². The molecule has 0 atom stereocenters. The molecule has 0 spiro atoms. The predicted molar refractivity (Wildman–Crippen MR) is 85.9 cm³/mol. The number of amides is 1. The molecule has 0 aromatic carbocycles. The van der Waals surface area contributed by atoms with Gasteiger partial charge in [0.15, 0.2) is 5.69 Å². The highest BCUT2D eigenvalue weighted by atomic mass is 32.1. The van der Waals surface area contributed by atoms with Gasteiger partial charge in [0, 0.05) is 23.8 Å². The Morgan fingerprint density at radius 3 is 2.64 bits per heavy atom. The molecule has 2 rings (SSSR count). The lowest BCUT2D eigenvalue weighted by Crippen LogP contribution is -2.27. The van der Waals surface area contributed by atoms with Crippen molar-refractivity contribution in [1.29, 1.82) is 0 Å². The van der Waals surface area contributed by atoms with Crippen molar-refractivity contribution in [3.63, 3.8) is 0 Å². The van der Waals surface area contributed by atoms with E-state index in [-0.39, 0.29) is 17.0 Å². The highest BCUT2D eigenvalue weighted by Gasteiger charge is 2.24. The first-order chi connectivity index (χ1) is 10.3. The SMILES string of the molecule is CC(C)(C)c1ncsc1C(=O)NCCc1nc(C(=O)O)cs1. The lowest BCUT2D eigenvalue weighted by atomic mass is 9.91. The van der Waals surface area contributed by atoms with E-state index in [9.17, 15) is 9.59 Å². The summed E-state index contributed by atoms with van der Waals surface area (Å²) in [5.41, 5.74) is 2.33. The molecule has 1 amide bonds. The number of thiazole rings is 2. The molecular weight excluding hydrogens is 322 g/mol. The highest BCUT2D eigenvalue weighted by molar-refractivity contribution is 7.12. The van der Waals surface area contributed by atoms with Crippen LogP contribution in [-0.2, 0) is 11.8 Å². The maximum absolute atomic E-state index is 12.2. The predicted octanol–water partition coefficient (Wildman–Crippen LogP) is 2.57. The van der Waals surface area contributed by atoms with Crippen LogP contribution in [0.3, 0.4) is 0 Å². The van der Waals surface area contributed by atoms with Crippen LogP contribution >= 0.6 is 22.7 Å². The molecule has 2 heterocycles. The Balaban J connectivity index is 1.93. The molecule has 0 fully saturated rings. The molecule has 8 heteroatoms. The van der Waals surface area contributed by atoms with Crippen LogP contribution in [0.4, 0.5) is 0 Å². The summed E-state index contributed by atoms with van der Waals surface area (Å²) >= 11 is 2.61. The minimum atomic E-state index is -1.04. The fourth-order valence-electron chi connectivity index (χ4n) is 1.83. The molecule has 0 saturated carbocycles. The zero-order chi connectivity index (χ0) is 16.3. The van der Waals surface area contributed by atoms with Crippen molar-refractivity contribution in [1.82, 2.24) is 15.3 Å². The van der Waals surface area contributed by atoms with Gasteiger partial charge >= 0.3 is 5.97 Å². The van der Waals surface area contributed by atoms with Crippen LogP contribution in [0.1, 0.15) is 51.6 Å². The average Bonchev–Trinajstić information content (AvgIpc) is 3.06. The number of carboxylic acid groups (broad SMARTS) is 1. The minimum absolute atomic E-state index is 0.0452. The third-order valence-electron chi connectivity index (χ3n) is 2.88. The number of carbonyl (C=O) groups excluding carboxylic acids is 1. The highest BCUT2D eigenvalue weighted by Crippen LogP contribution is 2.26. The van der Waals surface area contributed by atoms with Crippen LogP contribution in [0.15, 0.2) is 10.9 Å². The number of aromatic carboxylic acids is 1. The van der Waals surface area contributed by atoms with Gasteiger partial charge in [-0.05, 0) is 0 Å². The Hall–Kier alpha value is -1.80. The van der Waals surface area contributed by atoms with Gasteiger partial charge in [-0.25, -0.2) is 14.8 Å². The number of hydrogen-bond acceptors (Lipinski definition) is 6. The quantitative estimate of drug-likeness (QED) is 0.873. The standard InChI is InChI=1S/C14H17N3O3S2/c1-14(2,3)11-10(22-7-16-11)12(18)15-5-4-9-17-8(6-21-9)13(19)20/h6-7H,4-5H2,1-3H3,(H,15,18)(H,19,20). The van der Waals surface area contributed by atoms with E-state index in [1.54, 1.807) is 5.51 Å². The molecule has 22 heavy (non-hydrogen) atoms. The van der Waals surface area contributed by atoms with Gasteiger partial charge in [-0.2, -0.15) is 0 Å². The number of nitrogens with one attached hydrogen (secondary N) is 1. The van der Waals surface area contributed by atoms with Crippen LogP contribution in [0.2, 0.25) is 0 Å². The Morgan fingerprint density at radius 1 is 1.32 bits per heavy atom. The number of aromatic nitrogens is 2. The topological polar surface area (TPSA) is 92.2 Å². The summed E-state index contributed by atoms with van der Waals surface area (Å²) in [6.07, 6.45) is 0.507. The second-order valence-corrected chi connectivity index (χ2v) is 7.52. The number of carboxylic acids is 1. The number of rotatable bonds is 5. The Morgan fingerprint density at radius 2 is 2.05 bits per heavy atom. The summed E-state index contributed by atoms with van der Waals surface area (Å²) in [5.74, 6) is -1.19. The fraction of sp³-hybridized carbons (Fsp3) is 0.429. The summed E-state index contributed by atoms with van der Waals surface area (Å²) in [5, 5.41) is 13.8. The molecular formula is C14H17N3O3S2. The van der Waals surface area contributed by atoms with Gasteiger partial charge in [0.05, 0.1) is 16.2 Å². The van der Waals surface area contributed by atoms with Gasteiger partial charge in [0.25, 0.3) is 5.91 Å². The van der Waals surface area contributed by atoms with E-state index in [1.807, 2.05) is 20.8 Å². The van der Waals surface area contributed by atoms with Crippen molar-refractivity contribution in [3.8, 4) is 0 Å². The molecule has 0 aliphatic heterocycles. The van der Waals surface area contributed by atoms with Crippen LogP contribution in [0.5, 0.6) is 0 Å². The molecule has 2 N–H and O–H groups in total. The first-order valence-electron chi connectivity index (χ1n) is 6.69. The Labute approximate surface area is 136 Å². The maximum atomic E-state index is 12.2. The van der Waals surface area contributed by atoms with Crippen molar-refractivity contribution < 1.29 is 14.7 Å². The van der Waals surface area contributed by atoms with Crippen LogP contribution < -0.4 is 5.32 Å². The second-order valence-electron chi connectivity index (χ2n) is 5.72. The molecule has 0 unspecified atom stereocenters. The van der Waals surface area contributed by atoms with Gasteiger partial charge in [-0.3, -0.25) is 4.79 Å². The van der Waals surface area contributed by atoms with Gasteiger partial charge in [-0.15, -0.1) is 22.7 Å². The van der Waals surface area contributed by atoms with E-state index in [4.69, 9.17) is 5.11 Å². The summed E-state index contributed by atoms with van der Waals surface area (Å²) in [6.45, 7) is 6.46. The smallest absolute Gasteiger partial charge is 0.355 e. The number of hydrogen-bond donors (Lipinski definition) is 2. The molecule has 0 aliphatic rings. The van der Waals surface area contributed by atoms with E-state index >= 15 is 0 Å².